The molecule has 0 radical (unpaired) electrons. The van der Waals surface area contributed by atoms with Gasteiger partial charge in [0.2, 0.25) is 0 Å². The average Bonchev–Trinajstić information content (AvgIpc) is 2.73. The van der Waals surface area contributed by atoms with Crippen molar-refractivity contribution in [1.82, 2.24) is 9.55 Å². The molecule has 1 aromatic heterocycles. The highest BCUT2D eigenvalue weighted by Gasteiger charge is 2.24. The van der Waals surface area contributed by atoms with Crippen molar-refractivity contribution < 1.29 is 14.6 Å². The van der Waals surface area contributed by atoms with Gasteiger partial charge in [-0.25, -0.2) is 9.78 Å². The van der Waals surface area contributed by atoms with Crippen LogP contribution in [0, 0.1) is 6.92 Å². The Balaban J connectivity index is 2.10. The number of ether oxygens (including phenoxy) is 1. The highest BCUT2D eigenvalue weighted by atomic mass is 16.5. The van der Waals surface area contributed by atoms with E-state index in [2.05, 4.69) is 16.5 Å². The van der Waals surface area contributed by atoms with E-state index in [4.69, 9.17) is 9.84 Å². The Kier molecular flexibility index (Phi) is 3.22. The lowest BCUT2D eigenvalue weighted by Gasteiger charge is -2.29. The van der Waals surface area contributed by atoms with Crippen molar-refractivity contribution in [3.63, 3.8) is 0 Å². The molecule has 2 heterocycles. The highest BCUT2D eigenvalue weighted by Crippen LogP contribution is 2.30. The summed E-state index contributed by atoms with van der Waals surface area (Å²) in [5.41, 5.74) is 2.06. The first-order chi connectivity index (χ1) is 9.56. The van der Waals surface area contributed by atoms with Crippen LogP contribution in [0.1, 0.15) is 42.0 Å². The van der Waals surface area contributed by atoms with Gasteiger partial charge in [-0.3, -0.25) is 0 Å². The van der Waals surface area contributed by atoms with Gasteiger partial charge in [0.25, 0.3) is 0 Å². The predicted octanol–water partition coefficient (Wildman–Crippen LogP) is 2.78. The fourth-order valence-electron chi connectivity index (χ4n) is 3.02. The Labute approximate surface area is 117 Å². The zero-order chi connectivity index (χ0) is 14.3. The minimum atomic E-state index is -0.905. The van der Waals surface area contributed by atoms with Gasteiger partial charge >= 0.3 is 5.97 Å². The van der Waals surface area contributed by atoms with Crippen molar-refractivity contribution >= 4 is 17.0 Å². The molecule has 1 aromatic carbocycles. The van der Waals surface area contributed by atoms with Gasteiger partial charge in [0.15, 0.2) is 0 Å². The number of nitrogens with zero attached hydrogens (tertiary/aromatic N) is 2. The zero-order valence-corrected chi connectivity index (χ0v) is 11.7. The molecule has 3 rings (SSSR count). The van der Waals surface area contributed by atoms with Crippen molar-refractivity contribution in [2.24, 2.45) is 0 Å². The second-order valence-electron chi connectivity index (χ2n) is 5.40. The molecule has 106 valence electrons. The lowest BCUT2D eigenvalue weighted by Crippen LogP contribution is -2.26. The number of imidazole rings is 1. The molecule has 5 nitrogen and oxygen atoms in total. The molecular weight excluding hydrogens is 256 g/mol. The number of carbonyl (C=O) groups is 1. The van der Waals surface area contributed by atoms with Gasteiger partial charge in [0.05, 0.1) is 22.7 Å². The Bertz CT molecular complexity index is 662. The number of benzene rings is 1. The molecule has 2 unspecified atom stereocenters. The number of hydrogen-bond donors (Lipinski definition) is 1. The highest BCUT2D eigenvalue weighted by molar-refractivity contribution is 5.92. The molecule has 20 heavy (non-hydrogen) atoms. The van der Waals surface area contributed by atoms with Gasteiger partial charge in [0.1, 0.15) is 5.82 Å². The second kappa shape index (κ2) is 4.90. The van der Waals surface area contributed by atoms with Gasteiger partial charge in [0, 0.05) is 12.6 Å². The molecule has 1 aliphatic rings. The number of carboxylic acid groups (broad SMARTS) is 1. The normalized spacial score (nSPS) is 23.1. The van der Waals surface area contributed by atoms with E-state index in [1.54, 1.807) is 18.2 Å². The summed E-state index contributed by atoms with van der Waals surface area (Å²) in [5, 5.41) is 9.14. The number of hydrogen-bond acceptors (Lipinski definition) is 3. The second-order valence-corrected chi connectivity index (χ2v) is 5.40. The molecule has 0 amide bonds. The lowest BCUT2D eigenvalue weighted by molar-refractivity contribution is 0.00636. The van der Waals surface area contributed by atoms with Gasteiger partial charge < -0.3 is 14.4 Å². The van der Waals surface area contributed by atoms with Crippen LogP contribution in [0.15, 0.2) is 18.2 Å². The third-order valence-electron chi connectivity index (χ3n) is 3.94. The van der Waals surface area contributed by atoms with Gasteiger partial charge in [-0.1, -0.05) is 0 Å². The number of fused-ring (bicyclic) bond motifs is 1. The van der Waals surface area contributed by atoms with E-state index in [1.807, 2.05) is 6.92 Å². The Morgan fingerprint density at radius 1 is 1.50 bits per heavy atom. The zero-order valence-electron chi connectivity index (χ0n) is 11.7. The Hall–Kier alpha value is -1.88. The molecule has 0 saturated carbocycles. The van der Waals surface area contributed by atoms with E-state index in [1.165, 1.54) is 0 Å². The summed E-state index contributed by atoms with van der Waals surface area (Å²) in [5.74, 6) is 0.0271. The maximum absolute atomic E-state index is 11.1. The van der Waals surface area contributed by atoms with Crippen LogP contribution in [-0.4, -0.2) is 33.3 Å². The van der Waals surface area contributed by atoms with Crippen molar-refractivity contribution in [2.45, 2.75) is 38.8 Å². The van der Waals surface area contributed by atoms with Crippen LogP contribution in [0.2, 0.25) is 0 Å². The van der Waals surface area contributed by atoms with E-state index < -0.39 is 5.97 Å². The summed E-state index contributed by atoms with van der Waals surface area (Å²) in [6, 6.07) is 5.43. The summed E-state index contributed by atoms with van der Waals surface area (Å²) in [6.45, 7) is 4.79. The van der Waals surface area contributed by atoms with Crippen molar-refractivity contribution in [3.05, 3.63) is 29.6 Å². The third kappa shape index (κ3) is 2.18. The largest absolute Gasteiger partial charge is 0.478 e. The van der Waals surface area contributed by atoms with Crippen LogP contribution in [0.4, 0.5) is 0 Å². The third-order valence-corrected chi connectivity index (χ3v) is 3.94. The Morgan fingerprint density at radius 2 is 2.30 bits per heavy atom. The molecule has 5 heteroatoms. The quantitative estimate of drug-likeness (QED) is 0.914. The number of aryl methyl sites for hydroxylation is 1. The van der Waals surface area contributed by atoms with Gasteiger partial charge in [-0.05, 0) is 44.9 Å². The first kappa shape index (κ1) is 13.1. The fraction of sp³-hybridized carbons (Fsp3) is 0.467. The van der Waals surface area contributed by atoms with Crippen LogP contribution < -0.4 is 0 Å². The van der Waals surface area contributed by atoms with Gasteiger partial charge in [-0.15, -0.1) is 0 Å². The summed E-state index contributed by atoms with van der Waals surface area (Å²) in [4.78, 5) is 15.7. The van der Waals surface area contributed by atoms with Crippen molar-refractivity contribution in [2.75, 3.05) is 6.61 Å². The monoisotopic (exact) mass is 274 g/mol. The number of aromatic carboxylic acids is 1. The fourth-order valence-corrected chi connectivity index (χ4v) is 3.02. The van der Waals surface area contributed by atoms with Crippen LogP contribution in [-0.2, 0) is 4.74 Å². The van der Waals surface area contributed by atoms with E-state index in [-0.39, 0.29) is 6.10 Å². The minimum absolute atomic E-state index is 0.230. The van der Waals surface area contributed by atoms with Crippen LogP contribution in [0.25, 0.3) is 11.0 Å². The topological polar surface area (TPSA) is 64.3 Å². The van der Waals surface area contributed by atoms with E-state index in [0.717, 1.165) is 36.3 Å². The van der Waals surface area contributed by atoms with E-state index in [0.29, 0.717) is 11.6 Å². The maximum Gasteiger partial charge on any atom is 0.335 e. The maximum atomic E-state index is 11.1. The number of aromatic nitrogens is 2. The van der Waals surface area contributed by atoms with Crippen molar-refractivity contribution in [3.8, 4) is 0 Å². The predicted molar refractivity (Wildman–Crippen MR) is 75.1 cm³/mol. The molecule has 1 fully saturated rings. The van der Waals surface area contributed by atoms with Crippen LogP contribution in [0.3, 0.4) is 0 Å². The molecule has 0 bridgehead atoms. The first-order valence-electron chi connectivity index (χ1n) is 6.89. The Morgan fingerprint density at radius 3 is 3.00 bits per heavy atom. The van der Waals surface area contributed by atoms with Crippen molar-refractivity contribution in [1.29, 1.82) is 0 Å². The summed E-state index contributed by atoms with van der Waals surface area (Å²) in [6.07, 6.45) is 2.10. The average molecular weight is 274 g/mol. The summed E-state index contributed by atoms with van der Waals surface area (Å²) >= 11 is 0. The molecular formula is C15H18N2O3. The molecule has 2 atom stereocenters. The molecule has 1 aliphatic heterocycles. The lowest BCUT2D eigenvalue weighted by atomic mass is 10.0. The summed E-state index contributed by atoms with van der Waals surface area (Å²) < 4.78 is 7.76. The molecule has 1 N–H and O–H groups in total. The van der Waals surface area contributed by atoms with Crippen LogP contribution >= 0.6 is 0 Å². The molecule has 2 aromatic rings. The molecule has 0 aliphatic carbocycles. The number of rotatable bonds is 2. The van der Waals surface area contributed by atoms with Gasteiger partial charge in [-0.2, -0.15) is 0 Å². The molecule has 1 saturated heterocycles. The van der Waals surface area contributed by atoms with Crippen LogP contribution in [0.5, 0.6) is 0 Å². The summed E-state index contributed by atoms with van der Waals surface area (Å²) in [7, 11) is 0. The standard InChI is InChI=1S/C15H18N2O3/c1-9-7-12(5-6-20-9)17-10(2)16-13-4-3-11(15(18)19)8-14(13)17/h3-4,8-9,12H,5-7H2,1-2H3,(H,18,19). The van der Waals surface area contributed by atoms with E-state index in [9.17, 15) is 4.79 Å². The minimum Gasteiger partial charge on any atom is -0.478 e. The molecule has 0 spiro atoms. The SMILES string of the molecule is Cc1nc2ccc(C(=O)O)cc2n1C1CCOC(C)C1. The number of carboxylic acids is 1. The first-order valence-corrected chi connectivity index (χ1v) is 6.89. The van der Waals surface area contributed by atoms with E-state index >= 15 is 0 Å². The smallest absolute Gasteiger partial charge is 0.335 e.